The van der Waals surface area contributed by atoms with Crippen LogP contribution in [0.3, 0.4) is 0 Å². The molecule has 0 aromatic heterocycles. The van der Waals surface area contributed by atoms with E-state index in [9.17, 15) is 4.79 Å². The first-order valence-corrected chi connectivity index (χ1v) is 8.77. The Balaban J connectivity index is 2.50. The summed E-state index contributed by atoms with van der Waals surface area (Å²) in [5, 5.41) is 0. The van der Waals surface area contributed by atoms with Gasteiger partial charge in [0.25, 0.3) is 0 Å². The lowest BCUT2D eigenvalue weighted by Crippen LogP contribution is -2.28. The third-order valence-corrected chi connectivity index (χ3v) is 4.69. The van der Waals surface area contributed by atoms with E-state index in [1.807, 2.05) is 18.2 Å². The molecule has 0 radical (unpaired) electrons. The molecule has 0 saturated carbocycles. The summed E-state index contributed by atoms with van der Waals surface area (Å²) in [5.74, 6) is 0.727. The molecule has 0 heterocycles. The van der Waals surface area contributed by atoms with Gasteiger partial charge in [-0.05, 0) is 36.2 Å². The van der Waals surface area contributed by atoms with Crippen molar-refractivity contribution >= 4 is 17.6 Å². The van der Waals surface area contributed by atoms with Crippen molar-refractivity contribution in [3.05, 3.63) is 35.9 Å². The fourth-order valence-electron chi connectivity index (χ4n) is 2.77. The van der Waals surface area contributed by atoms with Crippen LogP contribution in [0.4, 0.5) is 0 Å². The van der Waals surface area contributed by atoms with E-state index in [0.717, 1.165) is 19.3 Å². The summed E-state index contributed by atoms with van der Waals surface area (Å²) in [7, 11) is 1.44. The van der Waals surface area contributed by atoms with Crippen LogP contribution in [0.2, 0.25) is 0 Å². The fourth-order valence-corrected chi connectivity index (χ4v) is 2.90. The van der Waals surface area contributed by atoms with Crippen LogP contribution in [-0.4, -0.2) is 25.6 Å². The van der Waals surface area contributed by atoms with E-state index < -0.39 is 0 Å². The zero-order chi connectivity index (χ0) is 17.1. The molecule has 0 saturated heterocycles. The van der Waals surface area contributed by atoms with Crippen molar-refractivity contribution in [2.75, 3.05) is 19.6 Å². The lowest BCUT2D eigenvalue weighted by atomic mass is 9.72. The first kappa shape index (κ1) is 20.0. The highest BCUT2D eigenvalue weighted by Crippen LogP contribution is 2.37. The van der Waals surface area contributed by atoms with Crippen molar-refractivity contribution in [3.8, 4) is 0 Å². The molecule has 0 aliphatic rings. The van der Waals surface area contributed by atoms with Crippen LogP contribution in [0.15, 0.2) is 30.3 Å². The minimum Gasteiger partial charge on any atom is -0.469 e. The minimum absolute atomic E-state index is 0.0409. The smallest absolute Gasteiger partial charge is 0.305 e. The van der Waals surface area contributed by atoms with E-state index in [1.54, 1.807) is 0 Å². The Morgan fingerprint density at radius 1 is 1.26 bits per heavy atom. The van der Waals surface area contributed by atoms with Gasteiger partial charge in [0.2, 0.25) is 0 Å². The van der Waals surface area contributed by atoms with Crippen molar-refractivity contribution in [2.45, 2.75) is 46.1 Å². The molecule has 0 amide bonds. The second-order valence-corrected chi connectivity index (χ2v) is 6.96. The van der Waals surface area contributed by atoms with Crippen LogP contribution in [0.1, 0.15) is 45.1 Å². The number of benzene rings is 1. The number of hydrogen-bond donors (Lipinski definition) is 0. The van der Waals surface area contributed by atoms with Crippen LogP contribution >= 0.6 is 11.6 Å². The highest BCUT2D eigenvalue weighted by Gasteiger charge is 2.30. The Hall–Kier alpha value is -1.06. The van der Waals surface area contributed by atoms with Crippen molar-refractivity contribution < 1.29 is 14.3 Å². The van der Waals surface area contributed by atoms with Crippen LogP contribution in [0.25, 0.3) is 0 Å². The van der Waals surface area contributed by atoms with Crippen LogP contribution in [0.5, 0.6) is 0 Å². The topological polar surface area (TPSA) is 35.5 Å². The van der Waals surface area contributed by atoms with Gasteiger partial charge >= 0.3 is 5.97 Å². The molecule has 1 aromatic rings. The van der Waals surface area contributed by atoms with Gasteiger partial charge in [-0.1, -0.05) is 44.2 Å². The van der Waals surface area contributed by atoms with Crippen molar-refractivity contribution in [2.24, 2.45) is 11.3 Å². The van der Waals surface area contributed by atoms with Crippen LogP contribution in [0, 0.1) is 11.3 Å². The SMILES string of the molecule is COC(=O)C[C@@H](CCOCc1ccccc1)C(C)(C)CCCCl. The highest BCUT2D eigenvalue weighted by molar-refractivity contribution is 6.17. The van der Waals surface area contributed by atoms with Gasteiger partial charge < -0.3 is 9.47 Å². The van der Waals surface area contributed by atoms with Gasteiger partial charge in [0.1, 0.15) is 0 Å². The van der Waals surface area contributed by atoms with Crippen molar-refractivity contribution in [1.82, 2.24) is 0 Å². The third-order valence-electron chi connectivity index (χ3n) is 4.42. The van der Waals surface area contributed by atoms with E-state index in [-0.39, 0.29) is 17.3 Å². The first-order valence-electron chi connectivity index (χ1n) is 8.24. The second kappa shape index (κ2) is 10.7. The van der Waals surface area contributed by atoms with Gasteiger partial charge in [0.05, 0.1) is 13.7 Å². The van der Waals surface area contributed by atoms with E-state index in [1.165, 1.54) is 12.7 Å². The largest absolute Gasteiger partial charge is 0.469 e. The van der Waals surface area contributed by atoms with Gasteiger partial charge in [-0.2, -0.15) is 0 Å². The molecular formula is C19H29ClO3. The Morgan fingerprint density at radius 2 is 1.96 bits per heavy atom. The number of halogens is 1. The number of rotatable bonds is 11. The standard InChI is InChI=1S/C19H29ClO3/c1-19(2,11-7-12-20)17(14-18(21)22-3)10-13-23-15-16-8-5-4-6-9-16/h4-6,8-9,17H,7,10-15H2,1-3H3/t17-/m1/s1. The molecule has 1 atom stereocenters. The minimum atomic E-state index is -0.156. The number of ether oxygens (including phenoxy) is 2. The van der Waals surface area contributed by atoms with Crippen molar-refractivity contribution in [3.63, 3.8) is 0 Å². The maximum Gasteiger partial charge on any atom is 0.305 e. The third kappa shape index (κ3) is 7.85. The van der Waals surface area contributed by atoms with Gasteiger partial charge in [-0.15, -0.1) is 11.6 Å². The average molecular weight is 341 g/mol. The molecule has 130 valence electrons. The Morgan fingerprint density at radius 3 is 2.57 bits per heavy atom. The summed E-state index contributed by atoms with van der Waals surface area (Å²) < 4.78 is 10.6. The molecule has 3 nitrogen and oxygen atoms in total. The van der Waals surface area contributed by atoms with Gasteiger partial charge in [-0.25, -0.2) is 0 Å². The molecule has 0 unspecified atom stereocenters. The predicted molar refractivity (Wildman–Crippen MR) is 94.6 cm³/mol. The molecule has 1 aromatic carbocycles. The number of carbonyl (C=O) groups is 1. The summed E-state index contributed by atoms with van der Waals surface area (Å²) in [6.07, 6.45) is 3.23. The fraction of sp³-hybridized carbons (Fsp3) is 0.632. The number of carbonyl (C=O) groups excluding carboxylic acids is 1. The normalized spacial score (nSPS) is 12.9. The Bertz CT molecular complexity index is 445. The molecule has 0 N–H and O–H groups in total. The lowest BCUT2D eigenvalue weighted by Gasteiger charge is -2.34. The Labute approximate surface area is 145 Å². The maximum atomic E-state index is 11.7. The van der Waals surface area contributed by atoms with E-state index in [4.69, 9.17) is 21.1 Å². The van der Waals surface area contributed by atoms with Gasteiger partial charge in [-0.3, -0.25) is 4.79 Å². The van der Waals surface area contributed by atoms with Gasteiger partial charge in [0.15, 0.2) is 0 Å². The lowest BCUT2D eigenvalue weighted by molar-refractivity contribution is -0.143. The molecule has 23 heavy (non-hydrogen) atoms. The average Bonchev–Trinajstić information content (AvgIpc) is 2.56. The predicted octanol–water partition coefficient (Wildman–Crippen LogP) is 4.82. The summed E-state index contributed by atoms with van der Waals surface area (Å²) >= 11 is 5.82. The monoisotopic (exact) mass is 340 g/mol. The first-order chi connectivity index (χ1) is 11.0. The van der Waals surface area contributed by atoms with E-state index in [2.05, 4.69) is 26.0 Å². The number of alkyl halides is 1. The number of esters is 1. The summed E-state index contributed by atoms with van der Waals surface area (Å²) in [4.78, 5) is 11.7. The summed E-state index contributed by atoms with van der Waals surface area (Å²) in [6.45, 7) is 5.64. The summed E-state index contributed by atoms with van der Waals surface area (Å²) in [6, 6.07) is 10.1. The van der Waals surface area contributed by atoms with E-state index >= 15 is 0 Å². The maximum absolute atomic E-state index is 11.7. The van der Waals surface area contributed by atoms with Crippen LogP contribution in [-0.2, 0) is 20.9 Å². The van der Waals surface area contributed by atoms with Gasteiger partial charge in [0, 0.05) is 18.9 Å². The molecule has 0 fully saturated rings. The molecule has 0 bridgehead atoms. The van der Waals surface area contributed by atoms with Crippen molar-refractivity contribution in [1.29, 1.82) is 0 Å². The Kier molecular flexibility index (Phi) is 9.27. The molecule has 4 heteroatoms. The summed E-state index contributed by atoms with van der Waals surface area (Å²) in [5.41, 5.74) is 1.21. The molecule has 0 aliphatic carbocycles. The number of hydrogen-bond acceptors (Lipinski definition) is 3. The molecule has 0 spiro atoms. The number of methoxy groups -OCH3 is 1. The molecule has 0 aliphatic heterocycles. The highest BCUT2D eigenvalue weighted by atomic mass is 35.5. The van der Waals surface area contributed by atoms with Crippen LogP contribution < -0.4 is 0 Å². The second-order valence-electron chi connectivity index (χ2n) is 6.59. The molecule has 1 rings (SSSR count). The zero-order valence-corrected chi connectivity index (χ0v) is 15.3. The molecular weight excluding hydrogens is 312 g/mol. The quantitative estimate of drug-likeness (QED) is 0.329. The zero-order valence-electron chi connectivity index (χ0n) is 14.5. The van der Waals surface area contributed by atoms with E-state index in [0.29, 0.717) is 25.5 Å².